The van der Waals surface area contributed by atoms with Crippen LogP contribution in [0.3, 0.4) is 0 Å². The van der Waals surface area contributed by atoms with Gasteiger partial charge in [0.1, 0.15) is 23.3 Å². The third-order valence-electron chi connectivity index (χ3n) is 11.7. The van der Waals surface area contributed by atoms with Crippen molar-refractivity contribution in [2.24, 2.45) is 29.6 Å². The maximum Gasteiger partial charge on any atom is 0.306 e. The van der Waals surface area contributed by atoms with Gasteiger partial charge in [0.25, 0.3) is 0 Å². The molecule has 1 aromatic heterocycles. The lowest BCUT2D eigenvalue weighted by Gasteiger charge is -2.33. The number of carbonyl (C=O) groups excluding carboxylic acids is 1. The average Bonchev–Trinajstić information content (AvgIpc) is 3.82. The SMILES string of the molecule is CC(C)Cc1nc2cc3c(cc2o1)S(=O)(=O)N(C[C@@H](O)[C@@H](CC(=O)O[C@@H]1C[C@@H]2CO[C@@H]4OCC[C@H]1[C@H]24)Cc1cc(F)cc(F)c1)CCCCCCCCOC3. The highest BCUT2D eigenvalue weighted by Gasteiger charge is 2.55. The van der Waals surface area contributed by atoms with E-state index in [1.54, 1.807) is 6.07 Å². The van der Waals surface area contributed by atoms with Gasteiger partial charge >= 0.3 is 5.97 Å². The molecule has 2 saturated heterocycles. The van der Waals surface area contributed by atoms with Gasteiger partial charge in [-0.25, -0.2) is 22.2 Å². The lowest BCUT2D eigenvalue weighted by molar-refractivity contribution is -0.182. The summed E-state index contributed by atoms with van der Waals surface area (Å²) in [6.45, 7) is 5.47. The van der Waals surface area contributed by atoms with E-state index in [1.165, 1.54) is 22.5 Å². The van der Waals surface area contributed by atoms with Crippen molar-refractivity contribution in [3.8, 4) is 0 Å². The number of rotatable bonds is 10. The molecule has 3 fully saturated rings. The second kappa shape index (κ2) is 17.6. The van der Waals surface area contributed by atoms with E-state index in [0.29, 0.717) is 61.6 Å². The number of carbonyl (C=O) groups is 1. The van der Waals surface area contributed by atoms with Crippen LogP contribution in [0.5, 0.6) is 0 Å². The minimum absolute atomic E-state index is 0.00481. The Hall–Kier alpha value is -3.01. The molecule has 0 unspecified atom stereocenters. The first-order valence-electron chi connectivity index (χ1n) is 20.0. The molecule has 2 aromatic carbocycles. The molecule has 4 aliphatic rings. The minimum atomic E-state index is -4.27. The van der Waals surface area contributed by atoms with Gasteiger partial charge in [0.2, 0.25) is 10.0 Å². The number of oxazole rings is 1. The fourth-order valence-corrected chi connectivity index (χ4v) is 10.7. The van der Waals surface area contributed by atoms with E-state index in [9.17, 15) is 27.1 Å². The predicted molar refractivity (Wildman–Crippen MR) is 198 cm³/mol. The predicted octanol–water partition coefficient (Wildman–Crippen LogP) is 6.72. The smallest absolute Gasteiger partial charge is 0.306 e. The van der Waals surface area contributed by atoms with E-state index in [0.717, 1.165) is 44.6 Å². The van der Waals surface area contributed by atoms with Gasteiger partial charge in [-0.15, -0.1) is 0 Å². The maximum absolute atomic E-state index is 14.8. The molecule has 0 radical (unpaired) electrons. The molecule has 1 saturated carbocycles. The van der Waals surface area contributed by atoms with E-state index in [-0.39, 0.29) is 79.1 Å². The van der Waals surface area contributed by atoms with E-state index < -0.39 is 39.6 Å². The number of hydrogen-bond donors (Lipinski definition) is 1. The van der Waals surface area contributed by atoms with Crippen molar-refractivity contribution in [1.29, 1.82) is 0 Å². The first-order valence-corrected chi connectivity index (χ1v) is 21.4. The molecule has 7 rings (SSSR count). The zero-order valence-electron chi connectivity index (χ0n) is 31.8. The molecule has 302 valence electrons. The van der Waals surface area contributed by atoms with Gasteiger partial charge in [0.15, 0.2) is 17.8 Å². The zero-order chi connectivity index (χ0) is 38.7. The van der Waals surface area contributed by atoms with Crippen LogP contribution in [0.4, 0.5) is 8.78 Å². The lowest BCUT2D eigenvalue weighted by Crippen LogP contribution is -2.42. The summed E-state index contributed by atoms with van der Waals surface area (Å²) in [4.78, 5) is 18.3. The molecule has 4 heterocycles. The maximum atomic E-state index is 14.8. The van der Waals surface area contributed by atoms with Crippen molar-refractivity contribution < 1.29 is 50.5 Å². The van der Waals surface area contributed by atoms with Crippen molar-refractivity contribution in [3.05, 3.63) is 59.0 Å². The number of aromatic nitrogens is 1. The Kier molecular flexibility index (Phi) is 12.9. The quantitative estimate of drug-likeness (QED) is 0.221. The Labute approximate surface area is 322 Å². The van der Waals surface area contributed by atoms with Crippen LogP contribution >= 0.6 is 0 Å². The normalized spacial score (nSPS) is 27.3. The molecule has 1 aliphatic carbocycles. The molecule has 0 spiro atoms. The third kappa shape index (κ3) is 9.59. The second-order valence-corrected chi connectivity index (χ2v) is 18.2. The van der Waals surface area contributed by atoms with Crippen molar-refractivity contribution in [3.63, 3.8) is 0 Å². The Morgan fingerprint density at radius 2 is 1.76 bits per heavy atom. The number of nitrogens with zero attached hydrogens (tertiary/aromatic N) is 2. The van der Waals surface area contributed by atoms with E-state index in [2.05, 4.69) is 4.98 Å². The van der Waals surface area contributed by atoms with Gasteiger partial charge < -0.3 is 28.5 Å². The molecule has 55 heavy (non-hydrogen) atoms. The standard InChI is InChI=1S/C41H54F2N2O9S/c1-25(2)13-38-44-33-17-28-23-50-11-8-6-4-3-5-7-10-45(55(48,49)37(28)21-36(33)53-38)22-34(46)27(14-26-15-30(42)20-31(43)16-26)19-39(47)54-35-18-29-24-52-41-40(29)32(35)9-12-51-41/h15-17,20-21,25,27,29,32,34-35,40-41,46H,3-14,18-19,22-24H2,1-2H3/t27-,29-,32-,34-,35-,40+,41+/m1/s1. The summed E-state index contributed by atoms with van der Waals surface area (Å²) in [6.07, 6.45) is 4.74. The third-order valence-corrected chi connectivity index (χ3v) is 13.6. The highest BCUT2D eigenvalue weighted by molar-refractivity contribution is 7.89. The number of β-amino-alcohol motifs (C(OH)–C–C–N with tert-alkyl or cyclic N) is 1. The fourth-order valence-electron chi connectivity index (χ4n) is 8.98. The Morgan fingerprint density at radius 3 is 2.55 bits per heavy atom. The number of fused-ring (bicyclic) bond motifs is 2. The van der Waals surface area contributed by atoms with E-state index >= 15 is 0 Å². The van der Waals surface area contributed by atoms with Crippen LogP contribution in [-0.2, 0) is 53.2 Å². The van der Waals surface area contributed by atoms with Crippen LogP contribution < -0.4 is 0 Å². The summed E-state index contributed by atoms with van der Waals surface area (Å²) in [7, 11) is -4.27. The van der Waals surface area contributed by atoms with Crippen LogP contribution in [0.25, 0.3) is 11.1 Å². The summed E-state index contributed by atoms with van der Waals surface area (Å²) < 4.78 is 89.3. The number of aliphatic hydroxyl groups is 1. The van der Waals surface area contributed by atoms with Crippen LogP contribution in [0.15, 0.2) is 39.6 Å². The van der Waals surface area contributed by atoms with Gasteiger partial charge in [-0.3, -0.25) is 4.79 Å². The minimum Gasteiger partial charge on any atom is -0.462 e. The fraction of sp³-hybridized carbons (Fsp3) is 0.659. The van der Waals surface area contributed by atoms with Gasteiger partial charge in [0.05, 0.1) is 37.2 Å². The van der Waals surface area contributed by atoms with E-state index in [4.69, 9.17) is 23.4 Å². The summed E-state index contributed by atoms with van der Waals surface area (Å²) in [5.74, 6) is -1.77. The first-order chi connectivity index (χ1) is 26.4. The van der Waals surface area contributed by atoms with Crippen molar-refractivity contribution in [2.75, 3.05) is 32.9 Å². The Morgan fingerprint density at radius 1 is 1.00 bits per heavy atom. The zero-order valence-corrected chi connectivity index (χ0v) is 32.6. The average molecular weight is 789 g/mol. The van der Waals surface area contributed by atoms with Gasteiger partial charge in [-0.05, 0) is 67.7 Å². The molecule has 1 N–H and O–H groups in total. The number of sulfonamides is 1. The summed E-state index contributed by atoms with van der Waals surface area (Å²) in [6, 6.07) is 6.30. The summed E-state index contributed by atoms with van der Waals surface area (Å²) in [5, 5.41) is 12.0. The van der Waals surface area contributed by atoms with Gasteiger partial charge in [-0.1, -0.05) is 39.5 Å². The highest BCUT2D eigenvalue weighted by Crippen LogP contribution is 2.50. The van der Waals surface area contributed by atoms with E-state index in [1.807, 2.05) is 13.8 Å². The molecule has 7 atom stereocenters. The Balaban J connectivity index is 1.16. The second-order valence-electron chi connectivity index (χ2n) is 16.3. The van der Waals surface area contributed by atoms with Crippen LogP contribution in [0, 0.1) is 41.2 Å². The molecule has 0 amide bonds. The van der Waals surface area contributed by atoms with Crippen molar-refractivity contribution in [2.45, 2.75) is 114 Å². The van der Waals surface area contributed by atoms with Gasteiger partial charge in [0, 0.05) is 61.6 Å². The number of esters is 1. The molecule has 3 aliphatic heterocycles. The largest absolute Gasteiger partial charge is 0.462 e. The molecule has 11 nitrogen and oxygen atoms in total. The number of ether oxygens (including phenoxy) is 4. The monoisotopic (exact) mass is 788 g/mol. The molecule has 14 heteroatoms. The van der Waals surface area contributed by atoms with Gasteiger partial charge in [-0.2, -0.15) is 4.31 Å². The van der Waals surface area contributed by atoms with Crippen LogP contribution in [0.1, 0.15) is 88.7 Å². The number of aliphatic hydroxyl groups excluding tert-OH is 1. The van der Waals surface area contributed by atoms with Crippen LogP contribution in [-0.4, -0.2) is 80.2 Å². The summed E-state index contributed by atoms with van der Waals surface area (Å²) in [5.41, 5.74) is 1.56. The first kappa shape index (κ1) is 40.2. The van der Waals surface area contributed by atoms with Crippen LogP contribution in [0.2, 0.25) is 0 Å². The summed E-state index contributed by atoms with van der Waals surface area (Å²) >= 11 is 0. The molecule has 0 bridgehead atoms. The lowest BCUT2D eigenvalue weighted by atomic mass is 9.86. The number of benzene rings is 2. The number of halogens is 2. The molecular weight excluding hydrogens is 735 g/mol. The van der Waals surface area contributed by atoms with Crippen molar-refractivity contribution in [1.82, 2.24) is 9.29 Å². The van der Waals surface area contributed by atoms with Crippen molar-refractivity contribution >= 4 is 27.1 Å². The Bertz CT molecular complexity index is 1880. The molecule has 3 aromatic rings. The number of hydrogen-bond acceptors (Lipinski definition) is 10. The highest BCUT2D eigenvalue weighted by atomic mass is 32.2. The topological polar surface area (TPSA) is 138 Å². The molecular formula is C41H54F2N2O9S.